The van der Waals surface area contributed by atoms with Gasteiger partial charge in [0, 0.05) is 20.9 Å². The molecule has 0 fully saturated rings. The van der Waals surface area contributed by atoms with Crippen LogP contribution in [0.5, 0.6) is 5.75 Å². The van der Waals surface area contributed by atoms with Crippen LogP contribution in [0.4, 0.5) is 0 Å². The minimum absolute atomic E-state index is 0.588. The Bertz CT molecular complexity index is 651. The van der Waals surface area contributed by atoms with Crippen LogP contribution in [0, 0.1) is 0 Å². The largest absolute Gasteiger partial charge is 0.569 e. The summed E-state index contributed by atoms with van der Waals surface area (Å²) in [6.45, 7) is 0. The van der Waals surface area contributed by atoms with Crippen molar-refractivity contribution in [1.82, 2.24) is 0 Å². The first-order valence-corrected chi connectivity index (χ1v) is 5.26. The molecule has 1 heterocycles. The molecule has 3 aromatic rings. The smallest absolute Gasteiger partial charge is 0.537 e. The van der Waals surface area contributed by atoms with Crippen molar-refractivity contribution in [3.05, 3.63) is 42.5 Å². The van der Waals surface area contributed by atoms with Crippen LogP contribution in [-0.2, 0) is 0 Å². The molecule has 18 heavy (non-hydrogen) atoms. The monoisotopic (exact) mass is 233 g/mol. The summed E-state index contributed by atoms with van der Waals surface area (Å²) in [6, 6.07) is 13.2. The highest BCUT2D eigenvalue weighted by Gasteiger charge is 2.10. The number of fused-ring (bicyclic) bond motifs is 3. The van der Waals surface area contributed by atoms with Crippen LogP contribution in [0.3, 0.4) is 0 Å². The summed E-state index contributed by atoms with van der Waals surface area (Å²) in [4.78, 5) is 0. The fourth-order valence-corrected chi connectivity index (χ4v) is 1.90. The van der Waals surface area contributed by atoms with Crippen LogP contribution in [0.1, 0.15) is 0 Å². The first-order chi connectivity index (χ1) is 8.90. The lowest BCUT2D eigenvalue weighted by atomic mass is 9.81. The highest BCUT2D eigenvalue weighted by Crippen LogP contribution is 2.34. The van der Waals surface area contributed by atoms with Crippen molar-refractivity contribution < 1.29 is 14.1 Å². The maximum Gasteiger partial charge on any atom is 0.569 e. The van der Waals surface area contributed by atoms with E-state index in [0.29, 0.717) is 13.4 Å². The lowest BCUT2D eigenvalue weighted by molar-refractivity contribution is 0.456. The van der Waals surface area contributed by atoms with Gasteiger partial charge in [0.2, 0.25) is 0 Å². The predicted octanol–water partition coefficient (Wildman–Crippen LogP) is 1.73. The van der Waals surface area contributed by atoms with Gasteiger partial charge in [-0.25, -0.2) is 0 Å². The Kier molecular flexibility index (Phi) is 4.00. The summed E-state index contributed by atoms with van der Waals surface area (Å²) >= 11 is 0. The fraction of sp³-hybridized carbons (Fsp3) is 0. The van der Waals surface area contributed by atoms with Gasteiger partial charge in [0.1, 0.15) is 16.9 Å². The van der Waals surface area contributed by atoms with Gasteiger partial charge in [-0.05, 0) is 18.2 Å². The molecule has 0 atom stereocenters. The van der Waals surface area contributed by atoms with Crippen LogP contribution < -0.4 is 4.65 Å². The normalized spacial score (nSPS) is 9.83. The standard InChI is InChI=1S/C12H8BO3.B2/c14-13-16-11-7-3-6-10-12(11)8-4-1-2-5-9(8)15-10;1-2/h1-7,14H;. The molecule has 0 aliphatic rings. The Balaban J connectivity index is 0.000000574. The van der Waals surface area contributed by atoms with Gasteiger partial charge in [0.15, 0.2) is 0 Å². The topological polar surface area (TPSA) is 42.6 Å². The third-order valence-corrected chi connectivity index (χ3v) is 2.54. The van der Waals surface area contributed by atoms with Gasteiger partial charge in [0.25, 0.3) is 0 Å². The average molecular weight is 233 g/mol. The molecule has 1 aromatic heterocycles. The number of hydrogen-bond acceptors (Lipinski definition) is 3. The van der Waals surface area contributed by atoms with Crippen LogP contribution in [-0.4, -0.2) is 28.2 Å². The number of benzene rings is 2. The van der Waals surface area contributed by atoms with E-state index < -0.39 is 0 Å². The van der Waals surface area contributed by atoms with Gasteiger partial charge in [-0.3, -0.25) is 0 Å². The van der Waals surface area contributed by atoms with E-state index in [1.165, 1.54) is 0 Å². The van der Waals surface area contributed by atoms with Crippen LogP contribution in [0.15, 0.2) is 46.9 Å². The predicted molar refractivity (Wildman–Crippen MR) is 73.8 cm³/mol. The van der Waals surface area contributed by atoms with Crippen LogP contribution in [0.2, 0.25) is 0 Å². The summed E-state index contributed by atoms with van der Waals surface area (Å²) in [5.74, 6) is 0.588. The maximum absolute atomic E-state index is 8.71. The zero-order valence-electron chi connectivity index (χ0n) is 9.54. The van der Waals surface area contributed by atoms with Gasteiger partial charge in [0.05, 0.1) is 5.39 Å². The molecule has 0 unspecified atom stereocenters. The van der Waals surface area contributed by atoms with Gasteiger partial charge >= 0.3 is 7.69 Å². The van der Waals surface area contributed by atoms with E-state index in [1.807, 2.05) is 36.4 Å². The molecule has 0 bridgehead atoms. The van der Waals surface area contributed by atoms with E-state index in [9.17, 15) is 0 Å². The summed E-state index contributed by atoms with van der Waals surface area (Å²) in [5.41, 5.74) is 1.56. The van der Waals surface area contributed by atoms with Crippen molar-refractivity contribution in [3.63, 3.8) is 0 Å². The van der Waals surface area contributed by atoms with Gasteiger partial charge < -0.3 is 14.1 Å². The molecule has 2 aromatic carbocycles. The van der Waals surface area contributed by atoms with Gasteiger partial charge in [-0.1, -0.05) is 24.3 Å². The molecule has 0 amide bonds. The Labute approximate surface area is 108 Å². The van der Waals surface area contributed by atoms with Gasteiger partial charge in [-0.2, -0.15) is 0 Å². The molecule has 83 valence electrons. The molecule has 5 radical (unpaired) electrons. The Morgan fingerprint density at radius 1 is 1.00 bits per heavy atom. The lowest BCUT2D eigenvalue weighted by Gasteiger charge is -2.01. The molecular weight excluding hydrogens is 225 g/mol. The molecule has 0 spiro atoms. The minimum Gasteiger partial charge on any atom is -0.537 e. The van der Waals surface area contributed by atoms with Crippen molar-refractivity contribution in [2.45, 2.75) is 0 Å². The number of para-hydroxylation sites is 1. The van der Waals surface area contributed by atoms with Crippen molar-refractivity contribution in [1.29, 1.82) is 0 Å². The third kappa shape index (κ3) is 2.11. The zero-order chi connectivity index (χ0) is 13.0. The lowest BCUT2D eigenvalue weighted by Crippen LogP contribution is -1.99. The van der Waals surface area contributed by atoms with E-state index in [1.54, 1.807) is 6.07 Å². The summed E-state index contributed by atoms with van der Waals surface area (Å²) in [5, 5.41) is 10.6. The first kappa shape index (κ1) is 12.6. The highest BCUT2D eigenvalue weighted by molar-refractivity contribution is 6.75. The van der Waals surface area contributed by atoms with Crippen LogP contribution >= 0.6 is 0 Å². The second kappa shape index (κ2) is 5.69. The van der Waals surface area contributed by atoms with Crippen molar-refractivity contribution in [3.8, 4) is 5.75 Å². The van der Waals surface area contributed by atoms with Gasteiger partial charge in [-0.15, -0.1) is 0 Å². The molecule has 0 aliphatic carbocycles. The molecule has 0 saturated heterocycles. The summed E-state index contributed by atoms with van der Waals surface area (Å²) in [7, 11) is 8.68. The molecule has 6 heteroatoms. The highest BCUT2D eigenvalue weighted by atomic mass is 16.5. The van der Waals surface area contributed by atoms with E-state index in [2.05, 4.69) is 15.5 Å². The Morgan fingerprint density at radius 2 is 1.72 bits per heavy atom. The molecule has 1 N–H and O–H groups in total. The molecule has 3 rings (SSSR count). The molecule has 3 nitrogen and oxygen atoms in total. The third-order valence-electron chi connectivity index (χ3n) is 2.54. The van der Waals surface area contributed by atoms with E-state index in [4.69, 9.17) is 14.1 Å². The molecule has 0 saturated carbocycles. The van der Waals surface area contributed by atoms with E-state index in [-0.39, 0.29) is 0 Å². The minimum atomic E-state index is 0.588. The van der Waals surface area contributed by atoms with E-state index in [0.717, 1.165) is 21.9 Å². The second-order valence-electron chi connectivity index (χ2n) is 3.45. The van der Waals surface area contributed by atoms with Crippen molar-refractivity contribution in [2.24, 2.45) is 0 Å². The quantitative estimate of drug-likeness (QED) is 0.685. The SMILES string of the molecule is O[B]Oc1cccc2oc3ccccc3c12.[B][B]. The summed E-state index contributed by atoms with van der Waals surface area (Å²) < 4.78 is 10.7. The second-order valence-corrected chi connectivity index (χ2v) is 3.45. The van der Waals surface area contributed by atoms with E-state index >= 15 is 0 Å². The number of hydrogen-bond donors (Lipinski definition) is 1. The first-order valence-electron chi connectivity index (χ1n) is 5.26. The zero-order valence-corrected chi connectivity index (χ0v) is 9.54. The maximum atomic E-state index is 8.71. The fourth-order valence-electron chi connectivity index (χ4n) is 1.90. The molecule has 0 aliphatic heterocycles. The molecular formula is C12H8B3O3. The van der Waals surface area contributed by atoms with Crippen LogP contribution in [0.25, 0.3) is 21.9 Å². The van der Waals surface area contributed by atoms with Crippen molar-refractivity contribution in [2.75, 3.05) is 0 Å². The van der Waals surface area contributed by atoms with Crippen molar-refractivity contribution >= 4 is 45.1 Å². The average Bonchev–Trinajstić information content (AvgIpc) is 2.81. The Morgan fingerprint density at radius 3 is 2.50 bits per heavy atom. The number of furan rings is 1. The Hall–Kier alpha value is -1.81. The summed E-state index contributed by atoms with van der Waals surface area (Å²) in [6.07, 6.45) is 0. The number of rotatable bonds is 2.